The van der Waals surface area contributed by atoms with Gasteiger partial charge in [-0.05, 0) is 29.8 Å². The smallest absolute Gasteiger partial charge is 0.387 e. The van der Waals surface area contributed by atoms with E-state index >= 15 is 0 Å². The third kappa shape index (κ3) is 5.98. The van der Waals surface area contributed by atoms with Crippen LogP contribution in [0.25, 0.3) is 0 Å². The molecule has 3 N–H and O–H groups in total. The van der Waals surface area contributed by atoms with E-state index in [0.29, 0.717) is 5.02 Å². The van der Waals surface area contributed by atoms with Gasteiger partial charge in [0, 0.05) is 5.02 Å². The molecule has 1 atom stereocenters. The highest BCUT2D eigenvalue weighted by Gasteiger charge is 2.28. The Morgan fingerprint density at radius 2 is 2.00 bits per heavy atom. The largest absolute Gasteiger partial charge is 0.433 e. The molecule has 2 amide bonds. The van der Waals surface area contributed by atoms with Crippen LogP contribution in [0.4, 0.5) is 14.5 Å². The van der Waals surface area contributed by atoms with Gasteiger partial charge in [-0.15, -0.1) is 0 Å². The SMILES string of the molecule is O=C(CC1N=C(NN=Cc2ccc(Cl)cc2)NC1=O)Nc1ccccc1OC(F)F. The molecular weight excluding hydrogens is 420 g/mol. The van der Waals surface area contributed by atoms with Crippen molar-refractivity contribution >= 4 is 41.3 Å². The van der Waals surface area contributed by atoms with Crippen molar-refractivity contribution in [2.45, 2.75) is 19.1 Å². The number of hydrogen-bond donors (Lipinski definition) is 3. The number of para-hydroxylation sites is 2. The Balaban J connectivity index is 1.56. The van der Waals surface area contributed by atoms with Gasteiger partial charge in [0.15, 0.2) is 0 Å². The van der Waals surface area contributed by atoms with Crippen molar-refractivity contribution in [1.82, 2.24) is 10.7 Å². The van der Waals surface area contributed by atoms with Crippen LogP contribution in [0, 0.1) is 0 Å². The van der Waals surface area contributed by atoms with Gasteiger partial charge in [-0.1, -0.05) is 35.9 Å². The first-order valence-corrected chi connectivity index (χ1v) is 9.05. The van der Waals surface area contributed by atoms with Crippen LogP contribution >= 0.6 is 11.6 Å². The predicted molar refractivity (Wildman–Crippen MR) is 108 cm³/mol. The highest BCUT2D eigenvalue weighted by Crippen LogP contribution is 2.25. The summed E-state index contributed by atoms with van der Waals surface area (Å²) in [7, 11) is 0. The summed E-state index contributed by atoms with van der Waals surface area (Å²) >= 11 is 5.81. The number of halogens is 3. The zero-order chi connectivity index (χ0) is 21.5. The average molecular weight is 436 g/mol. The molecule has 0 radical (unpaired) electrons. The maximum atomic E-state index is 12.5. The van der Waals surface area contributed by atoms with Crippen LogP contribution in [0.3, 0.4) is 0 Å². The summed E-state index contributed by atoms with van der Waals surface area (Å²) in [5.74, 6) is -1.18. The number of guanidine groups is 1. The molecule has 0 aliphatic carbocycles. The number of alkyl halides is 2. The van der Waals surface area contributed by atoms with Gasteiger partial charge in [0.1, 0.15) is 11.8 Å². The zero-order valence-corrected chi connectivity index (χ0v) is 16.1. The van der Waals surface area contributed by atoms with Crippen molar-refractivity contribution < 1.29 is 23.1 Å². The molecule has 30 heavy (non-hydrogen) atoms. The van der Waals surface area contributed by atoms with Gasteiger partial charge in [0.25, 0.3) is 5.91 Å². The number of nitrogens with one attached hydrogen (secondary N) is 3. The van der Waals surface area contributed by atoms with E-state index in [0.717, 1.165) is 5.56 Å². The molecule has 0 saturated heterocycles. The van der Waals surface area contributed by atoms with E-state index in [9.17, 15) is 18.4 Å². The normalized spacial score (nSPS) is 15.8. The molecule has 1 aliphatic rings. The summed E-state index contributed by atoms with van der Waals surface area (Å²) in [5.41, 5.74) is 3.42. The topological polar surface area (TPSA) is 104 Å². The number of benzene rings is 2. The number of anilines is 1. The van der Waals surface area contributed by atoms with Gasteiger partial charge in [-0.3, -0.25) is 14.9 Å². The average Bonchev–Trinajstić information content (AvgIpc) is 3.03. The number of hydrazone groups is 1. The van der Waals surface area contributed by atoms with Crippen LogP contribution in [0.5, 0.6) is 5.75 Å². The molecule has 3 rings (SSSR count). The molecular formula is C19H16ClF2N5O3. The fourth-order valence-electron chi connectivity index (χ4n) is 2.50. The van der Waals surface area contributed by atoms with Gasteiger partial charge < -0.3 is 10.1 Å². The van der Waals surface area contributed by atoms with Crippen molar-refractivity contribution in [2.75, 3.05) is 5.32 Å². The van der Waals surface area contributed by atoms with Crippen molar-refractivity contribution in [2.24, 2.45) is 10.1 Å². The van der Waals surface area contributed by atoms with E-state index in [1.54, 1.807) is 30.3 Å². The summed E-state index contributed by atoms with van der Waals surface area (Å²) in [6, 6.07) is 11.7. The zero-order valence-electron chi connectivity index (χ0n) is 15.3. The van der Waals surface area contributed by atoms with E-state index < -0.39 is 24.5 Å². The third-order valence-corrected chi connectivity index (χ3v) is 4.09. The van der Waals surface area contributed by atoms with E-state index in [4.69, 9.17) is 11.6 Å². The van der Waals surface area contributed by atoms with Gasteiger partial charge in [0.2, 0.25) is 11.9 Å². The van der Waals surface area contributed by atoms with Crippen LogP contribution in [-0.2, 0) is 9.59 Å². The first kappa shape index (κ1) is 21.2. The van der Waals surface area contributed by atoms with Gasteiger partial charge >= 0.3 is 6.61 Å². The summed E-state index contributed by atoms with van der Waals surface area (Å²) in [5, 5.41) is 9.46. The number of hydrogen-bond acceptors (Lipinski definition) is 6. The van der Waals surface area contributed by atoms with Crippen molar-refractivity contribution in [1.29, 1.82) is 0 Å². The Bertz CT molecular complexity index is 982. The Hall–Kier alpha value is -3.53. The lowest BCUT2D eigenvalue weighted by molar-refractivity contribution is -0.123. The van der Waals surface area contributed by atoms with Crippen molar-refractivity contribution in [3.63, 3.8) is 0 Å². The van der Waals surface area contributed by atoms with Crippen molar-refractivity contribution in [3.05, 3.63) is 59.1 Å². The van der Waals surface area contributed by atoms with E-state index in [2.05, 4.69) is 30.9 Å². The van der Waals surface area contributed by atoms with Gasteiger partial charge in [-0.25, -0.2) is 10.4 Å². The number of carbonyl (C=O) groups excluding carboxylic acids is 2. The van der Waals surface area contributed by atoms with Gasteiger partial charge in [-0.2, -0.15) is 13.9 Å². The molecule has 156 valence electrons. The van der Waals surface area contributed by atoms with Gasteiger partial charge in [0.05, 0.1) is 18.3 Å². The van der Waals surface area contributed by atoms with Crippen LogP contribution in [0.1, 0.15) is 12.0 Å². The van der Waals surface area contributed by atoms with E-state index in [1.165, 1.54) is 24.4 Å². The number of amides is 2. The number of aliphatic imine (C=N–C) groups is 1. The molecule has 2 aromatic carbocycles. The second-order valence-electron chi connectivity index (χ2n) is 6.03. The second-order valence-corrected chi connectivity index (χ2v) is 6.47. The molecule has 2 aromatic rings. The highest BCUT2D eigenvalue weighted by molar-refractivity contribution is 6.30. The quantitative estimate of drug-likeness (QED) is 0.459. The van der Waals surface area contributed by atoms with Crippen LogP contribution in [0.15, 0.2) is 58.6 Å². The van der Waals surface area contributed by atoms with E-state index in [-0.39, 0.29) is 23.8 Å². The lowest BCUT2D eigenvalue weighted by atomic mass is 10.2. The molecule has 1 unspecified atom stereocenters. The molecule has 0 aromatic heterocycles. The fourth-order valence-corrected chi connectivity index (χ4v) is 2.63. The Labute approximate surface area is 175 Å². The molecule has 0 spiro atoms. The maximum Gasteiger partial charge on any atom is 0.387 e. The minimum absolute atomic E-state index is 0.0658. The number of carbonyl (C=O) groups is 2. The van der Waals surface area contributed by atoms with Crippen molar-refractivity contribution in [3.8, 4) is 5.75 Å². The molecule has 1 aliphatic heterocycles. The highest BCUT2D eigenvalue weighted by atomic mass is 35.5. The molecule has 1 heterocycles. The summed E-state index contributed by atoms with van der Waals surface area (Å²) < 4.78 is 29.3. The van der Waals surface area contributed by atoms with Crippen LogP contribution in [-0.4, -0.2) is 36.6 Å². The minimum Gasteiger partial charge on any atom is -0.433 e. The Morgan fingerprint density at radius 1 is 1.27 bits per heavy atom. The number of ether oxygens (including phenoxy) is 1. The molecule has 0 saturated carbocycles. The second kappa shape index (κ2) is 9.79. The maximum absolute atomic E-state index is 12.5. The minimum atomic E-state index is -3.03. The first-order chi connectivity index (χ1) is 14.4. The molecule has 0 fully saturated rings. The number of nitrogens with zero attached hydrogens (tertiary/aromatic N) is 2. The van der Waals surface area contributed by atoms with E-state index in [1.807, 2.05) is 0 Å². The van der Waals surface area contributed by atoms with Crippen LogP contribution in [0.2, 0.25) is 5.02 Å². The summed E-state index contributed by atoms with van der Waals surface area (Å²) in [6.07, 6.45) is 1.21. The lowest BCUT2D eigenvalue weighted by Crippen LogP contribution is -2.35. The number of rotatable bonds is 7. The predicted octanol–water partition coefficient (Wildman–Crippen LogP) is 2.75. The van der Waals surface area contributed by atoms with Crippen LogP contribution < -0.4 is 20.8 Å². The first-order valence-electron chi connectivity index (χ1n) is 8.67. The summed E-state index contributed by atoms with van der Waals surface area (Å²) in [4.78, 5) is 28.3. The molecule has 11 heteroatoms. The monoisotopic (exact) mass is 435 g/mol. The lowest BCUT2D eigenvalue weighted by Gasteiger charge is -2.12. The fraction of sp³-hybridized carbons (Fsp3) is 0.158. The Kier molecular flexibility index (Phi) is 6.91. The third-order valence-electron chi connectivity index (χ3n) is 3.84. The summed E-state index contributed by atoms with van der Waals surface area (Å²) in [6.45, 7) is -3.03. The molecule has 0 bridgehead atoms. The Morgan fingerprint density at radius 3 is 2.73 bits per heavy atom. The standard InChI is InChI=1S/C19H16ClF2N5O3/c20-12-7-5-11(6-8-12)10-23-27-19-25-14(17(29)26-19)9-16(28)24-13-3-1-2-4-15(13)30-18(21)22/h1-8,10,14,18H,9H2,(H,24,28)(H2,25,26,27,29). The molecule has 8 nitrogen and oxygen atoms in total.